The van der Waals surface area contributed by atoms with E-state index in [4.69, 9.17) is 25.9 Å². The Balaban J connectivity index is 1.86. The molecule has 0 fully saturated rings. The molecular formula is C16H16ClNO5. The van der Waals surface area contributed by atoms with E-state index in [1.54, 1.807) is 31.2 Å². The van der Waals surface area contributed by atoms with Crippen LogP contribution < -0.4 is 10.1 Å². The van der Waals surface area contributed by atoms with Gasteiger partial charge in [0.2, 0.25) is 0 Å². The van der Waals surface area contributed by atoms with Gasteiger partial charge >= 0.3 is 5.97 Å². The van der Waals surface area contributed by atoms with E-state index in [1.165, 1.54) is 6.07 Å². The summed E-state index contributed by atoms with van der Waals surface area (Å²) in [7, 11) is 0. The molecule has 0 saturated carbocycles. The van der Waals surface area contributed by atoms with Crippen molar-refractivity contribution in [2.45, 2.75) is 13.3 Å². The number of nitrogens with one attached hydrogen (secondary N) is 1. The number of carbonyl (C=O) groups excluding carboxylic acids is 1. The number of rotatable bonds is 7. The minimum absolute atomic E-state index is 0.00725. The zero-order valence-corrected chi connectivity index (χ0v) is 13.2. The molecule has 122 valence electrons. The molecule has 6 nitrogen and oxygen atoms in total. The molecule has 0 aliphatic heterocycles. The topological polar surface area (TPSA) is 88.8 Å². The van der Waals surface area contributed by atoms with Crippen LogP contribution in [0.3, 0.4) is 0 Å². The molecule has 1 heterocycles. The molecule has 0 bridgehead atoms. The van der Waals surface area contributed by atoms with E-state index in [-0.39, 0.29) is 30.2 Å². The third kappa shape index (κ3) is 4.50. The predicted molar refractivity (Wildman–Crippen MR) is 84.3 cm³/mol. The zero-order chi connectivity index (χ0) is 16.8. The normalized spacial score (nSPS) is 10.3. The maximum atomic E-state index is 11.9. The highest BCUT2D eigenvalue weighted by atomic mass is 35.5. The van der Waals surface area contributed by atoms with Crippen LogP contribution in [0.15, 0.2) is 34.7 Å². The minimum atomic E-state index is -1.12. The van der Waals surface area contributed by atoms with Gasteiger partial charge in [0.1, 0.15) is 23.7 Å². The van der Waals surface area contributed by atoms with Crippen LogP contribution in [0.25, 0.3) is 0 Å². The Bertz CT molecular complexity index is 710. The van der Waals surface area contributed by atoms with Crippen LogP contribution in [0.1, 0.15) is 33.6 Å². The zero-order valence-electron chi connectivity index (χ0n) is 12.5. The van der Waals surface area contributed by atoms with Gasteiger partial charge in [0.05, 0.1) is 6.54 Å². The monoisotopic (exact) mass is 337 g/mol. The van der Waals surface area contributed by atoms with Crippen LogP contribution >= 0.6 is 11.6 Å². The number of ether oxygens (including phenoxy) is 1. The summed E-state index contributed by atoms with van der Waals surface area (Å²) in [4.78, 5) is 23.0. The minimum Gasteiger partial charge on any atom is -0.492 e. The SMILES string of the molecule is CCc1oc(C(=O)NCCOc2cccc(Cl)c2)cc1C(=O)O. The van der Waals surface area contributed by atoms with Crippen molar-refractivity contribution in [2.24, 2.45) is 0 Å². The summed E-state index contributed by atoms with van der Waals surface area (Å²) in [6, 6.07) is 8.15. The largest absolute Gasteiger partial charge is 0.492 e. The second-order valence-corrected chi connectivity index (χ2v) is 5.10. The van der Waals surface area contributed by atoms with Crippen molar-refractivity contribution in [1.29, 1.82) is 0 Å². The number of carbonyl (C=O) groups is 2. The van der Waals surface area contributed by atoms with Crippen LogP contribution in [0.5, 0.6) is 5.75 Å². The van der Waals surface area contributed by atoms with Gasteiger partial charge in [-0.2, -0.15) is 0 Å². The second kappa shape index (κ2) is 7.69. The van der Waals surface area contributed by atoms with E-state index >= 15 is 0 Å². The molecule has 2 rings (SSSR count). The summed E-state index contributed by atoms with van der Waals surface area (Å²) in [6.07, 6.45) is 0.396. The molecule has 2 aromatic rings. The van der Waals surface area contributed by atoms with Crippen molar-refractivity contribution in [3.8, 4) is 5.75 Å². The molecule has 2 N–H and O–H groups in total. The standard InChI is InChI=1S/C16H16ClNO5/c1-2-13-12(16(20)21)9-14(23-13)15(19)18-6-7-22-11-5-3-4-10(17)8-11/h3-5,8-9H,2,6-7H2,1H3,(H,18,19)(H,20,21). The summed E-state index contributed by atoms with van der Waals surface area (Å²) in [5.41, 5.74) is 0.00725. The number of aromatic carboxylic acids is 1. The second-order valence-electron chi connectivity index (χ2n) is 4.67. The van der Waals surface area contributed by atoms with Crippen molar-refractivity contribution < 1.29 is 23.8 Å². The maximum absolute atomic E-state index is 11.9. The Morgan fingerprint density at radius 3 is 2.74 bits per heavy atom. The van der Waals surface area contributed by atoms with Crippen LogP contribution in [0.2, 0.25) is 5.02 Å². The van der Waals surface area contributed by atoms with Gasteiger partial charge in [0, 0.05) is 17.5 Å². The first-order valence-corrected chi connectivity index (χ1v) is 7.41. The molecule has 7 heteroatoms. The quantitative estimate of drug-likeness (QED) is 0.758. The van der Waals surface area contributed by atoms with E-state index in [0.29, 0.717) is 17.2 Å². The Hall–Kier alpha value is -2.47. The summed E-state index contributed by atoms with van der Waals surface area (Å²) >= 11 is 5.83. The molecule has 1 aromatic carbocycles. The Labute approximate surface area is 138 Å². The molecule has 0 aliphatic carbocycles. The molecule has 23 heavy (non-hydrogen) atoms. The molecule has 0 atom stereocenters. The van der Waals surface area contributed by atoms with Crippen LogP contribution in [0.4, 0.5) is 0 Å². The van der Waals surface area contributed by atoms with Crippen molar-refractivity contribution in [3.05, 3.63) is 52.4 Å². The van der Waals surface area contributed by atoms with Gasteiger partial charge in [-0.15, -0.1) is 0 Å². The number of hydrogen-bond donors (Lipinski definition) is 2. The fourth-order valence-corrected chi connectivity index (χ4v) is 2.14. The Morgan fingerprint density at radius 2 is 2.13 bits per heavy atom. The molecule has 0 radical (unpaired) electrons. The third-order valence-corrected chi connectivity index (χ3v) is 3.27. The highest BCUT2D eigenvalue weighted by Crippen LogP contribution is 2.17. The Kier molecular flexibility index (Phi) is 5.65. The lowest BCUT2D eigenvalue weighted by molar-refractivity contribution is 0.0694. The smallest absolute Gasteiger partial charge is 0.339 e. The van der Waals surface area contributed by atoms with Gasteiger partial charge in [-0.25, -0.2) is 4.79 Å². The first-order chi connectivity index (χ1) is 11.0. The summed E-state index contributed by atoms with van der Waals surface area (Å²) in [5, 5.41) is 12.2. The van der Waals surface area contributed by atoms with Gasteiger partial charge in [-0.3, -0.25) is 4.79 Å². The number of aryl methyl sites for hydroxylation is 1. The van der Waals surface area contributed by atoms with Crippen molar-refractivity contribution in [1.82, 2.24) is 5.32 Å². The van der Waals surface area contributed by atoms with Crippen molar-refractivity contribution >= 4 is 23.5 Å². The van der Waals surface area contributed by atoms with Gasteiger partial charge in [0.15, 0.2) is 5.76 Å². The lowest BCUT2D eigenvalue weighted by Gasteiger charge is -2.07. The van der Waals surface area contributed by atoms with E-state index in [1.807, 2.05) is 0 Å². The van der Waals surface area contributed by atoms with Gasteiger partial charge in [0.25, 0.3) is 5.91 Å². The van der Waals surface area contributed by atoms with Crippen LogP contribution in [-0.2, 0) is 6.42 Å². The summed E-state index contributed by atoms with van der Waals surface area (Å²) in [5.74, 6) is -0.748. The number of carboxylic acid groups (broad SMARTS) is 1. The molecule has 0 aliphatic rings. The molecule has 0 unspecified atom stereocenters. The molecule has 1 aromatic heterocycles. The van der Waals surface area contributed by atoms with Gasteiger partial charge in [-0.1, -0.05) is 24.6 Å². The number of halogens is 1. The number of benzene rings is 1. The van der Waals surface area contributed by atoms with Gasteiger partial charge in [-0.05, 0) is 18.2 Å². The van der Waals surface area contributed by atoms with E-state index in [0.717, 1.165) is 0 Å². The van der Waals surface area contributed by atoms with Crippen LogP contribution in [-0.4, -0.2) is 30.1 Å². The first-order valence-electron chi connectivity index (χ1n) is 7.03. The summed E-state index contributed by atoms with van der Waals surface area (Å²) in [6.45, 7) is 2.25. The lowest BCUT2D eigenvalue weighted by atomic mass is 10.2. The molecular weight excluding hydrogens is 322 g/mol. The number of hydrogen-bond acceptors (Lipinski definition) is 4. The summed E-state index contributed by atoms with van der Waals surface area (Å²) < 4.78 is 10.7. The van der Waals surface area contributed by atoms with E-state index in [9.17, 15) is 9.59 Å². The average molecular weight is 338 g/mol. The number of carboxylic acids is 1. The Morgan fingerprint density at radius 1 is 1.35 bits per heavy atom. The fraction of sp³-hybridized carbons (Fsp3) is 0.250. The van der Waals surface area contributed by atoms with Gasteiger partial charge < -0.3 is 19.6 Å². The van der Waals surface area contributed by atoms with Crippen molar-refractivity contribution in [2.75, 3.05) is 13.2 Å². The average Bonchev–Trinajstić information content (AvgIpc) is 2.96. The third-order valence-electron chi connectivity index (χ3n) is 3.04. The first kappa shape index (κ1) is 16.9. The van der Waals surface area contributed by atoms with Crippen LogP contribution in [0, 0.1) is 0 Å². The lowest BCUT2D eigenvalue weighted by Crippen LogP contribution is -2.27. The highest BCUT2D eigenvalue weighted by molar-refractivity contribution is 6.30. The highest BCUT2D eigenvalue weighted by Gasteiger charge is 2.19. The molecule has 1 amide bonds. The molecule has 0 saturated heterocycles. The molecule has 0 spiro atoms. The predicted octanol–water partition coefficient (Wildman–Crippen LogP) is 3.00. The van der Waals surface area contributed by atoms with E-state index < -0.39 is 11.9 Å². The fourth-order valence-electron chi connectivity index (χ4n) is 1.96. The van der Waals surface area contributed by atoms with Crippen molar-refractivity contribution in [3.63, 3.8) is 0 Å². The van der Waals surface area contributed by atoms with E-state index in [2.05, 4.69) is 5.32 Å². The maximum Gasteiger partial charge on any atom is 0.339 e. The number of amides is 1. The number of furan rings is 1.